The molecule has 1 aromatic heterocycles. The Labute approximate surface area is 99.1 Å². The average molecular weight is 230 g/mol. The fourth-order valence-corrected chi connectivity index (χ4v) is 2.99. The molecule has 0 aliphatic heterocycles. The largest absolute Gasteiger partial charge is 0.299 e. The predicted octanol–water partition coefficient (Wildman–Crippen LogP) is 3.81. The maximum absolute atomic E-state index is 12.0. The third-order valence-electron chi connectivity index (χ3n) is 3.59. The van der Waals surface area contributed by atoms with Crippen molar-refractivity contribution >= 4 is 27.2 Å². The van der Waals surface area contributed by atoms with Crippen LogP contribution in [0.15, 0.2) is 29.6 Å². The molecule has 0 bridgehead atoms. The van der Waals surface area contributed by atoms with Crippen LogP contribution in [0.3, 0.4) is 0 Å². The van der Waals surface area contributed by atoms with Crippen molar-refractivity contribution in [3.8, 4) is 0 Å². The fraction of sp³-hybridized carbons (Fsp3) is 0.357. The smallest absolute Gasteiger partial charge is 0.143 e. The normalized spacial score (nSPS) is 17.6. The third-order valence-corrected chi connectivity index (χ3v) is 4.60. The number of hydrogen-bond acceptors (Lipinski definition) is 2. The van der Waals surface area contributed by atoms with Gasteiger partial charge in [0.1, 0.15) is 5.78 Å². The van der Waals surface area contributed by atoms with Gasteiger partial charge in [-0.1, -0.05) is 25.1 Å². The van der Waals surface area contributed by atoms with Crippen LogP contribution in [0, 0.1) is 5.41 Å². The lowest BCUT2D eigenvalue weighted by molar-refractivity contribution is -0.122. The van der Waals surface area contributed by atoms with Crippen molar-refractivity contribution in [2.75, 3.05) is 0 Å². The second kappa shape index (κ2) is 3.42. The van der Waals surface area contributed by atoms with E-state index in [4.69, 9.17) is 0 Å². The topological polar surface area (TPSA) is 17.1 Å². The molecule has 0 N–H and O–H groups in total. The number of ketones is 1. The fourth-order valence-electron chi connectivity index (χ4n) is 2.02. The van der Waals surface area contributed by atoms with Crippen LogP contribution >= 0.6 is 11.3 Å². The van der Waals surface area contributed by atoms with Gasteiger partial charge in [-0.25, -0.2) is 0 Å². The summed E-state index contributed by atoms with van der Waals surface area (Å²) in [5, 5.41) is 3.39. The molecule has 0 radical (unpaired) electrons. The van der Waals surface area contributed by atoms with E-state index in [1.54, 1.807) is 11.3 Å². The van der Waals surface area contributed by atoms with Gasteiger partial charge in [-0.2, -0.15) is 0 Å². The van der Waals surface area contributed by atoms with Gasteiger partial charge in [-0.05, 0) is 35.2 Å². The first-order chi connectivity index (χ1) is 7.69. The van der Waals surface area contributed by atoms with E-state index in [0.717, 1.165) is 12.8 Å². The highest BCUT2D eigenvalue weighted by molar-refractivity contribution is 7.17. The zero-order chi connectivity index (χ0) is 11.2. The van der Waals surface area contributed by atoms with Crippen LogP contribution in [-0.2, 0) is 11.2 Å². The van der Waals surface area contributed by atoms with Gasteiger partial charge in [-0.15, -0.1) is 11.3 Å². The molecule has 0 unspecified atom stereocenters. The Balaban J connectivity index is 1.92. The Morgan fingerprint density at radius 2 is 2.12 bits per heavy atom. The van der Waals surface area contributed by atoms with E-state index in [-0.39, 0.29) is 5.41 Å². The van der Waals surface area contributed by atoms with Crippen molar-refractivity contribution in [1.82, 2.24) is 0 Å². The van der Waals surface area contributed by atoms with Gasteiger partial charge in [0.15, 0.2) is 0 Å². The first kappa shape index (κ1) is 10.0. The van der Waals surface area contributed by atoms with Crippen LogP contribution in [0.1, 0.15) is 25.3 Å². The summed E-state index contributed by atoms with van der Waals surface area (Å²) in [7, 11) is 0. The molecule has 1 saturated carbocycles. The van der Waals surface area contributed by atoms with Crippen LogP contribution in [0.4, 0.5) is 0 Å². The minimum absolute atomic E-state index is 0.00302. The van der Waals surface area contributed by atoms with Crippen molar-refractivity contribution in [3.05, 3.63) is 35.2 Å². The highest BCUT2D eigenvalue weighted by Crippen LogP contribution is 2.46. The first-order valence-corrected chi connectivity index (χ1v) is 6.55. The second-order valence-corrected chi connectivity index (χ2v) is 5.83. The Morgan fingerprint density at radius 3 is 2.88 bits per heavy atom. The minimum atomic E-state index is 0.00302. The first-order valence-electron chi connectivity index (χ1n) is 5.67. The lowest BCUT2D eigenvalue weighted by atomic mass is 9.97. The standard InChI is InChI=1S/C14H14OS/c1-14(6-7-14)13(15)8-10-9-16-12-5-3-2-4-11(10)12/h2-5,9H,6-8H2,1H3. The van der Waals surface area contributed by atoms with E-state index in [1.807, 2.05) is 12.1 Å². The highest BCUT2D eigenvalue weighted by atomic mass is 32.1. The molecule has 0 amide bonds. The van der Waals surface area contributed by atoms with E-state index in [1.165, 1.54) is 15.6 Å². The van der Waals surface area contributed by atoms with Crippen LogP contribution < -0.4 is 0 Å². The van der Waals surface area contributed by atoms with Crippen LogP contribution in [0.2, 0.25) is 0 Å². The van der Waals surface area contributed by atoms with E-state index in [0.29, 0.717) is 12.2 Å². The van der Waals surface area contributed by atoms with E-state index in [9.17, 15) is 4.79 Å². The summed E-state index contributed by atoms with van der Waals surface area (Å²) in [4.78, 5) is 12.0. The summed E-state index contributed by atoms with van der Waals surface area (Å²) in [6.07, 6.45) is 2.77. The molecule has 0 spiro atoms. The predicted molar refractivity (Wildman–Crippen MR) is 67.9 cm³/mol. The second-order valence-electron chi connectivity index (χ2n) is 4.92. The lowest BCUT2D eigenvalue weighted by Crippen LogP contribution is -2.13. The molecule has 2 aromatic rings. The molecular weight excluding hydrogens is 216 g/mol. The van der Waals surface area contributed by atoms with E-state index < -0.39 is 0 Å². The molecule has 1 aromatic carbocycles. The monoisotopic (exact) mass is 230 g/mol. The molecule has 1 heterocycles. The summed E-state index contributed by atoms with van der Waals surface area (Å²) in [5.41, 5.74) is 1.21. The van der Waals surface area contributed by atoms with Crippen molar-refractivity contribution in [1.29, 1.82) is 0 Å². The highest BCUT2D eigenvalue weighted by Gasteiger charge is 2.44. The van der Waals surface area contributed by atoms with Gasteiger partial charge < -0.3 is 0 Å². The van der Waals surface area contributed by atoms with Gasteiger partial charge in [-0.3, -0.25) is 4.79 Å². The summed E-state index contributed by atoms with van der Waals surface area (Å²) in [5.74, 6) is 0.413. The molecule has 2 heteroatoms. The number of fused-ring (bicyclic) bond motifs is 1. The van der Waals surface area contributed by atoms with Gasteiger partial charge in [0.25, 0.3) is 0 Å². The van der Waals surface area contributed by atoms with Gasteiger partial charge in [0.05, 0.1) is 0 Å². The number of benzene rings is 1. The SMILES string of the molecule is CC1(C(=O)Cc2csc3ccccc23)CC1. The third kappa shape index (κ3) is 1.57. The molecule has 3 rings (SSSR count). The van der Waals surface area contributed by atoms with Crippen molar-refractivity contribution < 1.29 is 4.79 Å². The van der Waals surface area contributed by atoms with Gasteiger partial charge in [0.2, 0.25) is 0 Å². The lowest BCUT2D eigenvalue weighted by Gasteiger charge is -2.05. The number of rotatable bonds is 3. The van der Waals surface area contributed by atoms with Gasteiger partial charge in [0, 0.05) is 16.5 Å². The average Bonchev–Trinajstić information content (AvgIpc) is 2.92. The summed E-state index contributed by atoms with van der Waals surface area (Å²) in [6, 6.07) is 8.32. The zero-order valence-electron chi connectivity index (χ0n) is 9.32. The number of carbonyl (C=O) groups is 1. The Kier molecular flexibility index (Phi) is 2.15. The molecule has 1 fully saturated rings. The molecule has 16 heavy (non-hydrogen) atoms. The molecule has 0 saturated heterocycles. The number of thiophene rings is 1. The maximum atomic E-state index is 12.0. The van der Waals surface area contributed by atoms with Crippen LogP contribution in [-0.4, -0.2) is 5.78 Å². The van der Waals surface area contributed by atoms with Crippen molar-refractivity contribution in [3.63, 3.8) is 0 Å². The maximum Gasteiger partial charge on any atom is 0.143 e. The van der Waals surface area contributed by atoms with Gasteiger partial charge >= 0.3 is 0 Å². The van der Waals surface area contributed by atoms with E-state index >= 15 is 0 Å². The summed E-state index contributed by atoms with van der Waals surface area (Å²) >= 11 is 1.73. The molecule has 1 aliphatic rings. The van der Waals surface area contributed by atoms with Crippen LogP contribution in [0.25, 0.3) is 10.1 Å². The molecule has 1 nitrogen and oxygen atoms in total. The Morgan fingerprint density at radius 1 is 1.38 bits per heavy atom. The molecule has 0 atom stereocenters. The summed E-state index contributed by atoms with van der Waals surface area (Å²) in [6.45, 7) is 2.09. The quantitative estimate of drug-likeness (QED) is 0.783. The zero-order valence-corrected chi connectivity index (χ0v) is 10.1. The molecule has 82 valence electrons. The Bertz CT molecular complexity index is 549. The number of hydrogen-bond donors (Lipinski definition) is 0. The number of Topliss-reactive ketones (excluding diaryl/α,β-unsaturated/α-hetero) is 1. The van der Waals surface area contributed by atoms with Crippen LogP contribution in [0.5, 0.6) is 0 Å². The van der Waals surface area contributed by atoms with Crippen molar-refractivity contribution in [2.45, 2.75) is 26.2 Å². The minimum Gasteiger partial charge on any atom is -0.299 e. The summed E-state index contributed by atoms with van der Waals surface area (Å²) < 4.78 is 1.28. The van der Waals surface area contributed by atoms with Crippen molar-refractivity contribution in [2.24, 2.45) is 5.41 Å². The molecule has 1 aliphatic carbocycles. The Hall–Kier alpha value is -1.15. The number of carbonyl (C=O) groups excluding carboxylic acids is 1. The van der Waals surface area contributed by atoms with E-state index in [2.05, 4.69) is 24.4 Å². The molecular formula is C14H14OS.